The average Bonchev–Trinajstić information content (AvgIpc) is 2.15. The van der Waals surface area contributed by atoms with Gasteiger partial charge in [0.15, 0.2) is 0 Å². The first kappa shape index (κ1) is 9.45. The van der Waals surface area contributed by atoms with E-state index in [0.717, 1.165) is 12.8 Å². The Hall–Kier alpha value is -1.11. The van der Waals surface area contributed by atoms with Gasteiger partial charge in [-0.2, -0.15) is 0 Å². The molecular weight excluding hydrogens is 175 g/mol. The highest BCUT2D eigenvalue weighted by Gasteiger charge is 2.38. The molecule has 0 unspecified atom stereocenters. The molecule has 1 aliphatic rings. The van der Waals surface area contributed by atoms with E-state index in [4.69, 9.17) is 0 Å². The molecule has 0 saturated heterocycles. The molecule has 2 rings (SSSR count). The number of benzene rings is 1. The zero-order chi connectivity index (χ0) is 10.2. The molecule has 0 amide bonds. The highest BCUT2D eigenvalue weighted by Crippen LogP contribution is 2.51. The van der Waals surface area contributed by atoms with Gasteiger partial charge in [-0.3, -0.25) is 0 Å². The molecule has 1 fully saturated rings. The summed E-state index contributed by atoms with van der Waals surface area (Å²) in [6, 6.07) is 6.86. The van der Waals surface area contributed by atoms with Gasteiger partial charge >= 0.3 is 0 Å². The average molecular weight is 190 g/mol. The summed E-state index contributed by atoms with van der Waals surface area (Å²) in [6.45, 7) is 6.06. The van der Waals surface area contributed by atoms with Gasteiger partial charge in [0.05, 0.1) is 0 Å². The maximum atomic E-state index is 12.7. The lowest BCUT2D eigenvalue weighted by molar-refractivity contribution is 0.190. The van der Waals surface area contributed by atoms with Crippen LogP contribution in [-0.4, -0.2) is 0 Å². The lowest BCUT2D eigenvalue weighted by Gasteiger charge is -2.43. The molecule has 0 spiro atoms. The third-order valence-corrected chi connectivity index (χ3v) is 3.26. The molecule has 1 aliphatic carbocycles. The van der Waals surface area contributed by atoms with E-state index in [9.17, 15) is 4.39 Å². The van der Waals surface area contributed by atoms with Crippen molar-refractivity contribution in [2.24, 2.45) is 5.41 Å². The summed E-state index contributed by atoms with van der Waals surface area (Å²) < 4.78 is 12.7. The molecule has 1 saturated carbocycles. The third kappa shape index (κ3) is 1.59. The van der Waals surface area contributed by atoms with Crippen molar-refractivity contribution in [1.82, 2.24) is 0 Å². The largest absolute Gasteiger partial charge is 0.207 e. The molecule has 0 aromatic heterocycles. The van der Waals surface area contributed by atoms with Crippen molar-refractivity contribution in [3.8, 4) is 0 Å². The van der Waals surface area contributed by atoms with Crippen LogP contribution < -0.4 is 0 Å². The molecule has 0 bridgehead atoms. The molecule has 0 atom stereocenters. The zero-order valence-corrected chi connectivity index (χ0v) is 8.46. The van der Waals surface area contributed by atoms with Crippen molar-refractivity contribution >= 4 is 0 Å². The van der Waals surface area contributed by atoms with E-state index >= 15 is 0 Å². The lowest BCUT2D eigenvalue weighted by atomic mass is 9.61. The van der Waals surface area contributed by atoms with E-state index in [0.29, 0.717) is 11.3 Å². The smallest absolute Gasteiger partial charge is 0.123 e. The van der Waals surface area contributed by atoms with Gasteiger partial charge in [0.1, 0.15) is 5.82 Å². The van der Waals surface area contributed by atoms with Gasteiger partial charge in [0, 0.05) is 0 Å². The standard InChI is InChI=1S/C13H15F/c1-3-13(2)8-11(9-13)10-4-6-12(14)7-5-10/h3-7,11H,1,8-9H2,2H3. The van der Waals surface area contributed by atoms with Crippen LogP contribution in [0.5, 0.6) is 0 Å². The minimum Gasteiger partial charge on any atom is -0.207 e. The van der Waals surface area contributed by atoms with Crippen molar-refractivity contribution < 1.29 is 4.39 Å². The first-order valence-electron chi connectivity index (χ1n) is 5.02. The summed E-state index contributed by atoms with van der Waals surface area (Å²) in [6.07, 6.45) is 4.32. The van der Waals surface area contributed by atoms with Gasteiger partial charge in [0.2, 0.25) is 0 Å². The van der Waals surface area contributed by atoms with Crippen LogP contribution >= 0.6 is 0 Å². The van der Waals surface area contributed by atoms with Crippen molar-refractivity contribution in [1.29, 1.82) is 0 Å². The Morgan fingerprint density at radius 1 is 1.36 bits per heavy atom. The fraction of sp³-hybridized carbons (Fsp3) is 0.385. The molecule has 0 N–H and O–H groups in total. The molecular formula is C13H15F. The Bertz CT molecular complexity index is 331. The van der Waals surface area contributed by atoms with Crippen molar-refractivity contribution in [2.75, 3.05) is 0 Å². The molecule has 74 valence electrons. The summed E-state index contributed by atoms with van der Waals surface area (Å²) >= 11 is 0. The Balaban J connectivity index is 2.06. The fourth-order valence-electron chi connectivity index (χ4n) is 2.20. The lowest BCUT2D eigenvalue weighted by Crippen LogP contribution is -2.30. The van der Waals surface area contributed by atoms with Crippen LogP contribution in [0.1, 0.15) is 31.2 Å². The van der Waals surface area contributed by atoms with Gasteiger partial charge in [-0.1, -0.05) is 25.1 Å². The minimum atomic E-state index is -0.153. The highest BCUT2D eigenvalue weighted by atomic mass is 19.1. The molecule has 0 nitrogen and oxygen atoms in total. The molecule has 14 heavy (non-hydrogen) atoms. The van der Waals surface area contributed by atoms with E-state index in [1.807, 2.05) is 18.2 Å². The van der Waals surface area contributed by atoms with Gasteiger partial charge in [0.25, 0.3) is 0 Å². The second kappa shape index (κ2) is 3.23. The fourth-order valence-corrected chi connectivity index (χ4v) is 2.20. The van der Waals surface area contributed by atoms with E-state index in [1.165, 1.54) is 5.56 Å². The maximum absolute atomic E-state index is 12.7. The van der Waals surface area contributed by atoms with Crippen molar-refractivity contribution in [3.63, 3.8) is 0 Å². The Kier molecular flexibility index (Phi) is 2.18. The number of rotatable bonds is 2. The van der Waals surface area contributed by atoms with Crippen LogP contribution in [0.3, 0.4) is 0 Å². The van der Waals surface area contributed by atoms with Crippen LogP contribution in [-0.2, 0) is 0 Å². The normalized spacial score (nSPS) is 30.9. The summed E-state index contributed by atoms with van der Waals surface area (Å²) in [7, 11) is 0. The van der Waals surface area contributed by atoms with Gasteiger partial charge in [-0.25, -0.2) is 4.39 Å². The predicted molar refractivity (Wildman–Crippen MR) is 56.7 cm³/mol. The monoisotopic (exact) mass is 190 g/mol. The SMILES string of the molecule is C=CC1(C)CC(c2ccc(F)cc2)C1. The molecule has 1 aromatic rings. The maximum Gasteiger partial charge on any atom is 0.123 e. The van der Waals surface area contributed by atoms with Crippen LogP contribution in [0.15, 0.2) is 36.9 Å². The first-order chi connectivity index (χ1) is 6.63. The number of hydrogen-bond acceptors (Lipinski definition) is 0. The van der Waals surface area contributed by atoms with Gasteiger partial charge < -0.3 is 0 Å². The van der Waals surface area contributed by atoms with E-state index in [2.05, 4.69) is 13.5 Å². The number of allylic oxidation sites excluding steroid dienone is 1. The van der Waals surface area contributed by atoms with Gasteiger partial charge in [-0.15, -0.1) is 6.58 Å². The third-order valence-electron chi connectivity index (χ3n) is 3.26. The number of halogens is 1. The summed E-state index contributed by atoms with van der Waals surface area (Å²) in [5.74, 6) is 0.443. The molecule has 1 aromatic carbocycles. The summed E-state index contributed by atoms with van der Waals surface area (Å²) in [5, 5.41) is 0. The van der Waals surface area contributed by atoms with Crippen LogP contribution in [0, 0.1) is 11.2 Å². The second-order valence-electron chi connectivity index (χ2n) is 4.51. The van der Waals surface area contributed by atoms with E-state index < -0.39 is 0 Å². The summed E-state index contributed by atoms with van der Waals surface area (Å²) in [5.41, 5.74) is 1.56. The quantitative estimate of drug-likeness (QED) is 0.620. The van der Waals surface area contributed by atoms with E-state index in [-0.39, 0.29) is 5.82 Å². The Labute approximate surface area is 84.5 Å². The molecule has 0 aliphatic heterocycles. The zero-order valence-electron chi connectivity index (χ0n) is 8.46. The van der Waals surface area contributed by atoms with Crippen LogP contribution in [0.4, 0.5) is 4.39 Å². The number of hydrogen-bond donors (Lipinski definition) is 0. The highest BCUT2D eigenvalue weighted by molar-refractivity contribution is 5.25. The van der Waals surface area contributed by atoms with Crippen LogP contribution in [0.25, 0.3) is 0 Å². The van der Waals surface area contributed by atoms with Crippen molar-refractivity contribution in [2.45, 2.75) is 25.7 Å². The van der Waals surface area contributed by atoms with E-state index in [1.54, 1.807) is 12.1 Å². The Morgan fingerprint density at radius 3 is 2.43 bits per heavy atom. The first-order valence-corrected chi connectivity index (χ1v) is 5.02. The minimum absolute atomic E-state index is 0.153. The van der Waals surface area contributed by atoms with Crippen LogP contribution in [0.2, 0.25) is 0 Å². The van der Waals surface area contributed by atoms with Gasteiger partial charge in [-0.05, 0) is 41.9 Å². The Morgan fingerprint density at radius 2 is 1.93 bits per heavy atom. The predicted octanol–water partition coefficient (Wildman–Crippen LogP) is 3.90. The molecule has 1 heteroatoms. The van der Waals surface area contributed by atoms with Crippen molar-refractivity contribution in [3.05, 3.63) is 48.3 Å². The molecule has 0 heterocycles. The molecule has 0 radical (unpaired) electrons. The topological polar surface area (TPSA) is 0 Å². The second-order valence-corrected chi connectivity index (χ2v) is 4.51. The summed E-state index contributed by atoms with van der Waals surface area (Å²) in [4.78, 5) is 0.